The van der Waals surface area contributed by atoms with Gasteiger partial charge in [-0.15, -0.1) is 0 Å². The molecule has 3 rings (SSSR count). The second-order valence-corrected chi connectivity index (χ2v) is 9.28. The molecule has 6 atom stereocenters. The molecule has 142 valence electrons. The average molecular weight is 350 g/mol. The highest BCUT2D eigenvalue weighted by Gasteiger charge is 2.62. The van der Waals surface area contributed by atoms with E-state index >= 15 is 0 Å². The molecule has 1 aliphatic heterocycles. The number of cyclic esters (lactones) is 1. The number of hydrogen-bond donors (Lipinski definition) is 1. The molecule has 25 heavy (non-hydrogen) atoms. The lowest BCUT2D eigenvalue weighted by molar-refractivity contribution is -0.241. The molecule has 0 radical (unpaired) electrons. The van der Waals surface area contributed by atoms with E-state index in [2.05, 4.69) is 20.8 Å². The number of hydrogen-bond acceptors (Lipinski definition) is 4. The minimum Gasteiger partial charge on any atom is -0.458 e. The van der Waals surface area contributed by atoms with Crippen molar-refractivity contribution in [2.24, 2.45) is 22.7 Å². The Morgan fingerprint density at radius 1 is 1.28 bits per heavy atom. The van der Waals surface area contributed by atoms with Crippen LogP contribution in [-0.4, -0.2) is 36.5 Å². The lowest BCUT2D eigenvalue weighted by Crippen LogP contribution is -2.65. The monoisotopic (exact) mass is 350 g/mol. The predicted molar refractivity (Wildman–Crippen MR) is 97.0 cm³/mol. The molecule has 0 aromatic rings. The Labute approximate surface area is 152 Å². The first-order chi connectivity index (χ1) is 11.6. The first-order valence-corrected chi connectivity index (χ1v) is 9.76. The molecule has 0 amide bonds. The normalized spacial score (nSPS) is 47.2. The van der Waals surface area contributed by atoms with Crippen LogP contribution in [0.3, 0.4) is 0 Å². The molecular formula is C21H34O4. The van der Waals surface area contributed by atoms with Crippen molar-refractivity contribution in [1.82, 2.24) is 0 Å². The van der Waals surface area contributed by atoms with Crippen molar-refractivity contribution < 1.29 is 19.4 Å². The summed E-state index contributed by atoms with van der Waals surface area (Å²) in [4.78, 5) is 11.3. The zero-order valence-electron chi connectivity index (χ0n) is 16.4. The topological polar surface area (TPSA) is 55.8 Å². The van der Waals surface area contributed by atoms with Gasteiger partial charge in [0, 0.05) is 18.6 Å². The second kappa shape index (κ2) is 6.38. The molecule has 4 nitrogen and oxygen atoms in total. The van der Waals surface area contributed by atoms with E-state index in [0.717, 1.165) is 44.1 Å². The smallest absolute Gasteiger partial charge is 0.331 e. The summed E-state index contributed by atoms with van der Waals surface area (Å²) >= 11 is 0. The maximum atomic E-state index is 11.4. The second-order valence-electron chi connectivity index (χ2n) is 9.28. The summed E-state index contributed by atoms with van der Waals surface area (Å²) in [6.07, 6.45) is 7.72. The molecule has 3 aliphatic rings. The molecule has 0 bridgehead atoms. The first-order valence-electron chi connectivity index (χ1n) is 9.76. The fraction of sp³-hybridized carbons (Fsp3) is 0.857. The summed E-state index contributed by atoms with van der Waals surface area (Å²) in [6, 6.07) is 0. The van der Waals surface area contributed by atoms with Crippen LogP contribution in [0.5, 0.6) is 0 Å². The van der Waals surface area contributed by atoms with E-state index < -0.39 is 5.60 Å². The number of methoxy groups -OCH3 is 1. The number of carbonyl (C=O) groups is 1. The van der Waals surface area contributed by atoms with Gasteiger partial charge in [-0.2, -0.15) is 0 Å². The standard InChI is InChI=1S/C21H34O4/c1-14-8-11-20(3)16(6-7-17(24-5)21(20,4)23)19(14,2)10-9-15-12-18(22)25-13-15/h12,14,16-17,23H,6-11,13H2,1-5H3/t14-,16-,17-,19+,20+,21+/m1/s1. The number of fused-ring (bicyclic) bond motifs is 1. The van der Waals surface area contributed by atoms with Gasteiger partial charge in [-0.25, -0.2) is 4.79 Å². The fourth-order valence-electron chi connectivity index (χ4n) is 6.07. The maximum Gasteiger partial charge on any atom is 0.331 e. The van der Waals surface area contributed by atoms with E-state index in [1.807, 2.05) is 6.92 Å². The molecule has 4 heteroatoms. The van der Waals surface area contributed by atoms with E-state index in [-0.39, 0.29) is 22.9 Å². The van der Waals surface area contributed by atoms with Crippen molar-refractivity contribution >= 4 is 5.97 Å². The van der Waals surface area contributed by atoms with Gasteiger partial charge in [-0.3, -0.25) is 0 Å². The Hall–Kier alpha value is -0.870. The summed E-state index contributed by atoms with van der Waals surface area (Å²) in [5.41, 5.74) is 0.326. The van der Waals surface area contributed by atoms with Crippen molar-refractivity contribution in [1.29, 1.82) is 0 Å². The van der Waals surface area contributed by atoms with Gasteiger partial charge in [0.2, 0.25) is 0 Å². The van der Waals surface area contributed by atoms with Gasteiger partial charge in [0.05, 0.1) is 11.7 Å². The lowest BCUT2D eigenvalue weighted by atomic mass is 9.43. The van der Waals surface area contributed by atoms with Gasteiger partial charge in [0.15, 0.2) is 0 Å². The van der Waals surface area contributed by atoms with Crippen LogP contribution in [0.25, 0.3) is 0 Å². The molecule has 2 aliphatic carbocycles. The first kappa shape index (κ1) is 18.9. The molecule has 2 saturated carbocycles. The number of ether oxygens (including phenoxy) is 2. The number of esters is 1. The highest BCUT2D eigenvalue weighted by molar-refractivity contribution is 5.85. The highest BCUT2D eigenvalue weighted by atomic mass is 16.5. The van der Waals surface area contributed by atoms with E-state index in [4.69, 9.17) is 9.47 Å². The molecule has 2 fully saturated rings. The third-order valence-electron chi connectivity index (χ3n) is 8.28. The van der Waals surface area contributed by atoms with E-state index in [1.54, 1.807) is 13.2 Å². The van der Waals surface area contributed by atoms with Gasteiger partial charge in [-0.05, 0) is 68.3 Å². The molecule has 1 N–H and O–H groups in total. The van der Waals surface area contributed by atoms with E-state index in [0.29, 0.717) is 18.4 Å². The van der Waals surface area contributed by atoms with Crippen molar-refractivity contribution in [2.45, 2.75) is 77.9 Å². The van der Waals surface area contributed by atoms with Crippen molar-refractivity contribution in [3.63, 3.8) is 0 Å². The van der Waals surface area contributed by atoms with Crippen LogP contribution in [-0.2, 0) is 14.3 Å². The Kier molecular flexibility index (Phi) is 4.83. The minimum absolute atomic E-state index is 0.0880. The van der Waals surface area contributed by atoms with Gasteiger partial charge >= 0.3 is 5.97 Å². The van der Waals surface area contributed by atoms with Crippen molar-refractivity contribution in [3.05, 3.63) is 11.6 Å². The maximum absolute atomic E-state index is 11.4. The molecule has 0 aromatic heterocycles. The number of rotatable bonds is 4. The van der Waals surface area contributed by atoms with Gasteiger partial charge in [0.1, 0.15) is 6.61 Å². The zero-order chi connectivity index (χ0) is 18.5. The van der Waals surface area contributed by atoms with Crippen molar-refractivity contribution in [2.75, 3.05) is 13.7 Å². The Morgan fingerprint density at radius 2 is 2.00 bits per heavy atom. The number of aliphatic hydroxyl groups is 1. The summed E-state index contributed by atoms with van der Waals surface area (Å²) in [5, 5.41) is 11.4. The summed E-state index contributed by atoms with van der Waals surface area (Å²) < 4.78 is 10.7. The third kappa shape index (κ3) is 2.86. The van der Waals surface area contributed by atoms with Crippen LogP contribution in [0.15, 0.2) is 11.6 Å². The van der Waals surface area contributed by atoms with Crippen LogP contribution < -0.4 is 0 Å². The predicted octanol–water partition coefficient (Wildman–Crippen LogP) is 3.87. The fourth-order valence-corrected chi connectivity index (χ4v) is 6.07. The number of carbonyl (C=O) groups excluding carboxylic acids is 1. The van der Waals surface area contributed by atoms with Gasteiger partial charge in [0.25, 0.3) is 0 Å². The summed E-state index contributed by atoms with van der Waals surface area (Å²) in [7, 11) is 1.72. The van der Waals surface area contributed by atoms with Crippen molar-refractivity contribution in [3.8, 4) is 0 Å². The van der Waals surface area contributed by atoms with Crippen LogP contribution in [0.4, 0.5) is 0 Å². The van der Waals surface area contributed by atoms with Gasteiger partial charge in [-0.1, -0.05) is 20.8 Å². The molecule has 1 heterocycles. The molecule has 0 aromatic carbocycles. The summed E-state index contributed by atoms with van der Waals surface area (Å²) in [6.45, 7) is 9.47. The largest absolute Gasteiger partial charge is 0.458 e. The molecule has 0 saturated heterocycles. The van der Waals surface area contributed by atoms with Crippen LogP contribution >= 0.6 is 0 Å². The molecular weight excluding hydrogens is 316 g/mol. The molecule has 0 spiro atoms. The summed E-state index contributed by atoms with van der Waals surface area (Å²) in [5.74, 6) is 0.869. The van der Waals surface area contributed by atoms with Crippen LogP contribution in [0, 0.1) is 22.7 Å². The Morgan fingerprint density at radius 3 is 2.60 bits per heavy atom. The van der Waals surface area contributed by atoms with Gasteiger partial charge < -0.3 is 14.6 Å². The quantitative estimate of drug-likeness (QED) is 0.782. The average Bonchev–Trinajstić information content (AvgIpc) is 2.97. The lowest BCUT2D eigenvalue weighted by Gasteiger charge is -2.64. The van der Waals surface area contributed by atoms with E-state index in [1.165, 1.54) is 0 Å². The highest BCUT2D eigenvalue weighted by Crippen LogP contribution is 2.64. The van der Waals surface area contributed by atoms with Crippen LogP contribution in [0.1, 0.15) is 66.2 Å². The SMILES string of the molecule is CO[C@@H]1CC[C@@H]2[C@@](C)(CCC3=CC(=O)OC3)[C@H](C)CC[C@]2(C)[C@@]1(C)O. The van der Waals surface area contributed by atoms with Crippen LogP contribution in [0.2, 0.25) is 0 Å². The Balaban J connectivity index is 1.85. The molecule has 0 unspecified atom stereocenters. The zero-order valence-corrected chi connectivity index (χ0v) is 16.4. The third-order valence-corrected chi connectivity index (χ3v) is 8.28. The Bertz CT molecular complexity index is 566. The minimum atomic E-state index is -0.808. The van der Waals surface area contributed by atoms with E-state index in [9.17, 15) is 9.90 Å².